The summed E-state index contributed by atoms with van der Waals surface area (Å²) < 4.78 is 33.0. The van der Waals surface area contributed by atoms with Crippen molar-refractivity contribution in [2.45, 2.75) is 23.9 Å². The number of hydrogen-bond acceptors (Lipinski definition) is 4. The number of carbonyl (C=O) groups is 1. The Kier molecular flexibility index (Phi) is 5.17. The predicted octanol–water partition coefficient (Wildman–Crippen LogP) is 4.37. The highest BCUT2D eigenvalue weighted by Crippen LogP contribution is 2.48. The number of nitrogens with zero attached hydrogens (tertiary/aromatic N) is 1. The standard InChI is InChI=1S/C22H18ClNO4S/c1-15-7-13-19(14-8-15)29(26,27)24-20(16-9-11-17(23)12-10-16)21(24)22(25)28-18-5-3-2-4-6-18/h2-14,20-21H,1H3/t20-,21+,24?/m1/s1. The maximum Gasteiger partial charge on any atom is 0.331 e. The molecule has 4 rings (SSSR count). The van der Waals surface area contributed by atoms with Gasteiger partial charge in [0.25, 0.3) is 0 Å². The molecule has 1 aliphatic heterocycles. The van der Waals surface area contributed by atoms with Crippen LogP contribution in [0, 0.1) is 6.92 Å². The molecule has 1 aliphatic rings. The monoisotopic (exact) mass is 427 g/mol. The summed E-state index contributed by atoms with van der Waals surface area (Å²) >= 11 is 5.96. The molecule has 0 bridgehead atoms. The fourth-order valence-electron chi connectivity index (χ4n) is 3.23. The number of esters is 1. The van der Waals surface area contributed by atoms with Gasteiger partial charge in [0.1, 0.15) is 11.8 Å². The molecule has 0 aromatic heterocycles. The SMILES string of the molecule is Cc1ccc(S(=O)(=O)N2[C@H](C(=O)Oc3ccccc3)[C@H]2c2ccc(Cl)cc2)cc1. The van der Waals surface area contributed by atoms with Crippen LogP contribution in [0.25, 0.3) is 0 Å². The molecule has 3 atom stereocenters. The second-order valence-electron chi connectivity index (χ2n) is 6.82. The minimum Gasteiger partial charge on any atom is -0.425 e. The maximum atomic E-state index is 13.2. The van der Waals surface area contributed by atoms with Gasteiger partial charge in [0, 0.05) is 5.02 Å². The Balaban J connectivity index is 1.68. The van der Waals surface area contributed by atoms with Crippen molar-refractivity contribution >= 4 is 27.6 Å². The van der Waals surface area contributed by atoms with E-state index in [0.29, 0.717) is 16.3 Å². The quantitative estimate of drug-likeness (QED) is 0.344. The van der Waals surface area contributed by atoms with E-state index in [1.165, 1.54) is 4.31 Å². The maximum absolute atomic E-state index is 13.2. The zero-order valence-electron chi connectivity index (χ0n) is 15.5. The van der Waals surface area contributed by atoms with Crippen LogP contribution in [0.2, 0.25) is 5.02 Å². The highest BCUT2D eigenvalue weighted by atomic mass is 35.5. The first kappa shape index (κ1) is 19.6. The molecule has 1 heterocycles. The summed E-state index contributed by atoms with van der Waals surface area (Å²) in [4.78, 5) is 12.9. The molecule has 3 aromatic carbocycles. The smallest absolute Gasteiger partial charge is 0.331 e. The molecule has 5 nitrogen and oxygen atoms in total. The molecule has 0 radical (unpaired) electrons. The lowest BCUT2D eigenvalue weighted by Crippen LogP contribution is -2.23. The summed E-state index contributed by atoms with van der Waals surface area (Å²) in [7, 11) is -3.88. The Bertz CT molecular complexity index is 1130. The van der Waals surface area contributed by atoms with Crippen molar-refractivity contribution in [2.75, 3.05) is 0 Å². The summed E-state index contributed by atoms with van der Waals surface area (Å²) in [5.74, 6) is -0.251. The molecule has 1 saturated heterocycles. The Labute approximate surface area is 174 Å². The highest BCUT2D eigenvalue weighted by molar-refractivity contribution is 7.89. The van der Waals surface area contributed by atoms with Crippen LogP contribution in [0.5, 0.6) is 5.75 Å². The molecule has 1 unspecified atom stereocenters. The second kappa shape index (κ2) is 7.63. The molecule has 29 heavy (non-hydrogen) atoms. The lowest BCUT2D eigenvalue weighted by atomic mass is 10.1. The molecule has 3 aromatic rings. The zero-order valence-corrected chi connectivity index (χ0v) is 17.1. The van der Waals surface area contributed by atoms with Crippen molar-refractivity contribution in [2.24, 2.45) is 0 Å². The van der Waals surface area contributed by atoms with E-state index in [1.54, 1.807) is 78.9 Å². The van der Waals surface area contributed by atoms with Crippen LogP contribution in [-0.2, 0) is 14.8 Å². The number of benzene rings is 3. The normalized spacial score (nSPS) is 20.8. The summed E-state index contributed by atoms with van der Waals surface area (Å²) in [6.45, 7) is 1.88. The average molecular weight is 428 g/mol. The van der Waals surface area contributed by atoms with Crippen LogP contribution >= 0.6 is 11.6 Å². The van der Waals surface area contributed by atoms with E-state index >= 15 is 0 Å². The van der Waals surface area contributed by atoms with Crippen LogP contribution < -0.4 is 4.74 Å². The number of ether oxygens (including phenoxy) is 1. The van der Waals surface area contributed by atoms with Gasteiger partial charge in [-0.3, -0.25) is 0 Å². The van der Waals surface area contributed by atoms with Crippen molar-refractivity contribution in [3.63, 3.8) is 0 Å². The number of hydrogen-bond donors (Lipinski definition) is 0. The fraction of sp³-hybridized carbons (Fsp3) is 0.136. The van der Waals surface area contributed by atoms with Crippen LogP contribution in [-0.4, -0.2) is 24.7 Å². The largest absolute Gasteiger partial charge is 0.425 e. The Morgan fingerprint density at radius 3 is 2.17 bits per heavy atom. The average Bonchev–Trinajstić information content (AvgIpc) is 3.46. The van der Waals surface area contributed by atoms with Crippen LogP contribution in [0.1, 0.15) is 17.2 Å². The first-order valence-corrected chi connectivity index (χ1v) is 10.8. The summed E-state index contributed by atoms with van der Waals surface area (Å²) in [5.41, 5.74) is 1.63. The highest BCUT2D eigenvalue weighted by Gasteiger charge is 2.61. The van der Waals surface area contributed by atoms with E-state index in [-0.39, 0.29) is 4.90 Å². The summed E-state index contributed by atoms with van der Waals surface area (Å²) in [5, 5.41) is 0.533. The summed E-state index contributed by atoms with van der Waals surface area (Å²) in [6.07, 6.45) is 0. The van der Waals surface area contributed by atoms with Gasteiger partial charge < -0.3 is 4.74 Å². The number of sulfonamides is 1. The van der Waals surface area contributed by atoms with Gasteiger partial charge in [0.2, 0.25) is 10.0 Å². The van der Waals surface area contributed by atoms with E-state index in [9.17, 15) is 13.2 Å². The van der Waals surface area contributed by atoms with Crippen molar-refractivity contribution in [3.8, 4) is 5.75 Å². The Morgan fingerprint density at radius 1 is 0.931 bits per heavy atom. The minimum absolute atomic E-state index is 0.136. The molecule has 0 amide bonds. The number of para-hydroxylation sites is 1. The van der Waals surface area contributed by atoms with Gasteiger partial charge >= 0.3 is 5.97 Å². The van der Waals surface area contributed by atoms with E-state index in [4.69, 9.17) is 16.3 Å². The van der Waals surface area contributed by atoms with Gasteiger partial charge in [0.05, 0.1) is 10.9 Å². The van der Waals surface area contributed by atoms with Gasteiger partial charge in [0.15, 0.2) is 0 Å². The minimum atomic E-state index is -3.88. The molecular weight excluding hydrogens is 410 g/mol. The van der Waals surface area contributed by atoms with Gasteiger partial charge in [-0.2, -0.15) is 4.31 Å². The molecule has 0 saturated carbocycles. The van der Waals surface area contributed by atoms with E-state index in [1.807, 2.05) is 6.92 Å². The molecule has 0 aliphatic carbocycles. The molecule has 0 spiro atoms. The van der Waals surface area contributed by atoms with Gasteiger partial charge in [-0.1, -0.05) is 59.6 Å². The van der Waals surface area contributed by atoms with Gasteiger partial charge in [-0.25, -0.2) is 13.2 Å². The van der Waals surface area contributed by atoms with E-state index < -0.39 is 28.1 Å². The predicted molar refractivity (Wildman–Crippen MR) is 110 cm³/mol. The van der Waals surface area contributed by atoms with Crippen molar-refractivity contribution in [3.05, 3.63) is 95.0 Å². The molecule has 7 heteroatoms. The van der Waals surface area contributed by atoms with E-state index in [2.05, 4.69) is 0 Å². The lowest BCUT2D eigenvalue weighted by molar-refractivity contribution is -0.134. The molecule has 1 fully saturated rings. The van der Waals surface area contributed by atoms with Crippen LogP contribution in [0.4, 0.5) is 0 Å². The Hall–Kier alpha value is -2.67. The molecule has 0 N–H and O–H groups in total. The van der Waals surface area contributed by atoms with Crippen molar-refractivity contribution in [1.29, 1.82) is 0 Å². The number of aryl methyl sites for hydroxylation is 1. The molecular formula is C22H18ClNO4S. The third kappa shape index (κ3) is 3.92. The van der Waals surface area contributed by atoms with E-state index in [0.717, 1.165) is 5.56 Å². The van der Waals surface area contributed by atoms with Crippen molar-refractivity contribution in [1.82, 2.24) is 4.31 Å². The third-order valence-corrected chi connectivity index (χ3v) is 6.90. The van der Waals surface area contributed by atoms with Gasteiger partial charge in [-0.15, -0.1) is 0 Å². The number of halogens is 1. The van der Waals surface area contributed by atoms with Crippen LogP contribution in [0.15, 0.2) is 83.8 Å². The summed E-state index contributed by atoms with van der Waals surface area (Å²) in [6, 6.07) is 20.3. The zero-order chi connectivity index (χ0) is 20.6. The fourth-order valence-corrected chi connectivity index (χ4v) is 5.06. The first-order chi connectivity index (χ1) is 13.9. The van der Waals surface area contributed by atoms with Crippen LogP contribution in [0.3, 0.4) is 0 Å². The second-order valence-corrected chi connectivity index (χ2v) is 9.10. The number of rotatable bonds is 5. The third-order valence-electron chi connectivity index (χ3n) is 4.77. The topological polar surface area (TPSA) is 63.5 Å². The Morgan fingerprint density at radius 2 is 1.55 bits per heavy atom. The van der Waals surface area contributed by atoms with Gasteiger partial charge in [-0.05, 0) is 48.9 Å². The molecule has 148 valence electrons. The lowest BCUT2D eigenvalue weighted by Gasteiger charge is -2.07. The first-order valence-electron chi connectivity index (χ1n) is 9.00. The number of carbonyl (C=O) groups excluding carboxylic acids is 1. The van der Waals surface area contributed by atoms with Crippen molar-refractivity contribution < 1.29 is 17.9 Å².